The highest BCUT2D eigenvalue weighted by molar-refractivity contribution is 5.92. The van der Waals surface area contributed by atoms with Crippen LogP contribution in [0.5, 0.6) is 0 Å². The number of aromatic nitrogens is 2. The molecule has 2 aromatic carbocycles. The Bertz CT molecular complexity index is 1010. The Labute approximate surface area is 161 Å². The Morgan fingerprint density at radius 3 is 2.36 bits per heavy atom. The third-order valence-corrected chi connectivity index (χ3v) is 4.21. The quantitative estimate of drug-likeness (QED) is 0.585. The Kier molecular flexibility index (Phi) is 5.96. The van der Waals surface area contributed by atoms with Gasteiger partial charge in [-0.3, -0.25) is 14.4 Å². The van der Waals surface area contributed by atoms with Crippen LogP contribution in [0.4, 0.5) is 0 Å². The number of aliphatic carboxylic acids is 1. The molecule has 0 aliphatic rings. The molecule has 0 saturated heterocycles. The van der Waals surface area contributed by atoms with Crippen molar-refractivity contribution in [1.29, 1.82) is 0 Å². The molecule has 142 valence electrons. The van der Waals surface area contributed by atoms with Crippen LogP contribution in [-0.2, 0) is 11.2 Å². The molecular formula is C21H19N3O4. The van der Waals surface area contributed by atoms with E-state index in [0.29, 0.717) is 6.42 Å². The first kappa shape index (κ1) is 19.0. The number of rotatable bonds is 7. The summed E-state index contributed by atoms with van der Waals surface area (Å²) in [5.41, 5.74) is 2.52. The van der Waals surface area contributed by atoms with Crippen molar-refractivity contribution in [3.8, 4) is 11.1 Å². The number of hydrogen-bond acceptors (Lipinski definition) is 4. The average Bonchev–Trinajstić information content (AvgIpc) is 2.68. The number of nitrogens with zero attached hydrogens (tertiary/aromatic N) is 1. The van der Waals surface area contributed by atoms with Gasteiger partial charge < -0.3 is 15.4 Å². The minimum Gasteiger partial charge on any atom is -0.481 e. The van der Waals surface area contributed by atoms with Crippen LogP contribution >= 0.6 is 0 Å². The van der Waals surface area contributed by atoms with Crippen LogP contribution < -0.4 is 10.9 Å². The van der Waals surface area contributed by atoms with Gasteiger partial charge in [0.1, 0.15) is 5.69 Å². The average molecular weight is 377 g/mol. The summed E-state index contributed by atoms with van der Waals surface area (Å²) in [6.07, 6.45) is 1.23. The molecule has 7 heteroatoms. The first-order chi connectivity index (χ1) is 13.5. The van der Waals surface area contributed by atoms with Gasteiger partial charge in [0.05, 0.1) is 12.7 Å². The van der Waals surface area contributed by atoms with Crippen molar-refractivity contribution in [2.24, 2.45) is 0 Å². The molecule has 0 fully saturated rings. The fourth-order valence-corrected chi connectivity index (χ4v) is 2.89. The summed E-state index contributed by atoms with van der Waals surface area (Å²) in [5.74, 6) is -1.61. The maximum Gasteiger partial charge on any atom is 0.305 e. The molecule has 3 aromatic rings. The summed E-state index contributed by atoms with van der Waals surface area (Å²) in [6.45, 7) is 0. The highest BCUT2D eigenvalue weighted by Gasteiger charge is 2.18. The summed E-state index contributed by atoms with van der Waals surface area (Å²) in [5, 5.41) is 11.8. The van der Waals surface area contributed by atoms with Crippen molar-refractivity contribution >= 4 is 11.9 Å². The summed E-state index contributed by atoms with van der Waals surface area (Å²) in [7, 11) is 0. The minimum absolute atomic E-state index is 0.0569. The van der Waals surface area contributed by atoms with Crippen LogP contribution in [0.15, 0.2) is 71.8 Å². The van der Waals surface area contributed by atoms with E-state index in [1.54, 1.807) is 0 Å². The number of carbonyl (C=O) groups is 2. The van der Waals surface area contributed by atoms with Crippen molar-refractivity contribution in [3.05, 3.63) is 88.6 Å². The van der Waals surface area contributed by atoms with Crippen LogP contribution in [0.2, 0.25) is 0 Å². The molecule has 1 amide bonds. The van der Waals surface area contributed by atoms with Crippen LogP contribution in [0.25, 0.3) is 11.1 Å². The lowest BCUT2D eigenvalue weighted by atomic mass is 9.99. The van der Waals surface area contributed by atoms with Crippen LogP contribution in [0.3, 0.4) is 0 Å². The number of H-pyrrole nitrogens is 1. The van der Waals surface area contributed by atoms with Crippen molar-refractivity contribution in [3.63, 3.8) is 0 Å². The van der Waals surface area contributed by atoms with E-state index >= 15 is 0 Å². The van der Waals surface area contributed by atoms with E-state index in [2.05, 4.69) is 15.3 Å². The number of nitrogens with one attached hydrogen (secondary N) is 2. The first-order valence-corrected chi connectivity index (χ1v) is 8.73. The van der Waals surface area contributed by atoms with Gasteiger partial charge in [-0.15, -0.1) is 0 Å². The first-order valence-electron chi connectivity index (χ1n) is 8.73. The summed E-state index contributed by atoms with van der Waals surface area (Å²) in [4.78, 5) is 41.0. The zero-order chi connectivity index (χ0) is 19.9. The predicted molar refractivity (Wildman–Crippen MR) is 104 cm³/mol. The molecule has 0 saturated carbocycles. The van der Waals surface area contributed by atoms with Gasteiger partial charge >= 0.3 is 5.97 Å². The standard InChI is InChI=1S/C21H19N3O4/c25-19-12-18(22-13-23-19)21(28)24-17(11-20(26)27)10-14-6-8-16(9-7-14)15-4-2-1-3-5-15/h1-9,12-13,17H,10-11H2,(H,24,28)(H,26,27)(H,22,23,25)/t17-/m1/s1. The smallest absolute Gasteiger partial charge is 0.305 e. The lowest BCUT2D eigenvalue weighted by Crippen LogP contribution is -2.38. The maximum atomic E-state index is 12.3. The summed E-state index contributed by atoms with van der Waals surface area (Å²) in [6, 6.07) is 18.1. The van der Waals surface area contributed by atoms with E-state index in [4.69, 9.17) is 5.11 Å². The van der Waals surface area contributed by atoms with Crippen molar-refractivity contribution in [1.82, 2.24) is 15.3 Å². The maximum absolute atomic E-state index is 12.3. The number of benzene rings is 2. The number of amides is 1. The van der Waals surface area contributed by atoms with Gasteiger partial charge in [-0.05, 0) is 23.1 Å². The van der Waals surface area contributed by atoms with Crippen LogP contribution in [0, 0.1) is 0 Å². The van der Waals surface area contributed by atoms with Crippen molar-refractivity contribution in [2.75, 3.05) is 0 Å². The molecule has 1 heterocycles. The zero-order valence-electron chi connectivity index (χ0n) is 15.0. The topological polar surface area (TPSA) is 112 Å². The number of aromatic amines is 1. The van der Waals surface area contributed by atoms with Gasteiger partial charge in [-0.1, -0.05) is 54.6 Å². The van der Waals surface area contributed by atoms with Crippen molar-refractivity contribution < 1.29 is 14.7 Å². The zero-order valence-corrected chi connectivity index (χ0v) is 15.0. The van der Waals surface area contributed by atoms with Gasteiger partial charge in [-0.2, -0.15) is 0 Å². The van der Waals surface area contributed by atoms with Gasteiger partial charge in [0, 0.05) is 12.1 Å². The van der Waals surface area contributed by atoms with Gasteiger partial charge in [0.15, 0.2) is 0 Å². The molecular weight excluding hydrogens is 358 g/mol. The molecule has 0 spiro atoms. The highest BCUT2D eigenvalue weighted by atomic mass is 16.4. The Balaban J connectivity index is 1.72. The predicted octanol–water partition coefficient (Wildman–Crippen LogP) is 2.25. The Hall–Kier alpha value is -3.74. The second-order valence-corrected chi connectivity index (χ2v) is 6.33. The van der Waals surface area contributed by atoms with Gasteiger partial charge in [0.2, 0.25) is 0 Å². The van der Waals surface area contributed by atoms with Crippen molar-refractivity contribution in [2.45, 2.75) is 18.9 Å². The van der Waals surface area contributed by atoms with Gasteiger partial charge in [0.25, 0.3) is 11.5 Å². The lowest BCUT2D eigenvalue weighted by molar-refractivity contribution is -0.137. The van der Waals surface area contributed by atoms with Gasteiger partial charge in [-0.25, -0.2) is 4.98 Å². The molecule has 1 atom stereocenters. The molecule has 3 rings (SSSR count). The molecule has 7 nitrogen and oxygen atoms in total. The van der Waals surface area contributed by atoms with E-state index < -0.39 is 23.5 Å². The monoisotopic (exact) mass is 377 g/mol. The summed E-state index contributed by atoms with van der Waals surface area (Å²) < 4.78 is 0. The normalized spacial score (nSPS) is 11.6. The Morgan fingerprint density at radius 1 is 1.04 bits per heavy atom. The third-order valence-electron chi connectivity index (χ3n) is 4.21. The van der Waals surface area contributed by atoms with Crippen LogP contribution in [0.1, 0.15) is 22.5 Å². The minimum atomic E-state index is -1.02. The molecule has 0 aliphatic carbocycles. The fraction of sp³-hybridized carbons (Fsp3) is 0.143. The third kappa shape index (κ3) is 5.14. The number of carboxylic acids is 1. The highest BCUT2D eigenvalue weighted by Crippen LogP contribution is 2.20. The fourth-order valence-electron chi connectivity index (χ4n) is 2.89. The van der Waals surface area contributed by atoms with E-state index in [0.717, 1.165) is 29.1 Å². The van der Waals surface area contributed by atoms with E-state index in [1.807, 2.05) is 54.6 Å². The molecule has 0 aliphatic heterocycles. The SMILES string of the molecule is O=C(O)C[C@@H](Cc1ccc(-c2ccccc2)cc1)NC(=O)c1cc(=O)[nH]cn1. The number of hydrogen-bond donors (Lipinski definition) is 3. The molecule has 28 heavy (non-hydrogen) atoms. The second kappa shape index (κ2) is 8.77. The molecule has 0 radical (unpaired) electrons. The molecule has 0 bridgehead atoms. The second-order valence-electron chi connectivity index (χ2n) is 6.33. The van der Waals surface area contributed by atoms with E-state index in [9.17, 15) is 14.4 Å². The van der Waals surface area contributed by atoms with E-state index in [1.165, 1.54) is 0 Å². The number of carbonyl (C=O) groups excluding carboxylic acids is 1. The lowest BCUT2D eigenvalue weighted by Gasteiger charge is -2.17. The molecule has 3 N–H and O–H groups in total. The largest absolute Gasteiger partial charge is 0.481 e. The number of carboxylic acid groups (broad SMARTS) is 1. The van der Waals surface area contributed by atoms with Crippen LogP contribution in [-0.4, -0.2) is 33.0 Å². The summed E-state index contributed by atoms with van der Waals surface area (Å²) >= 11 is 0. The van der Waals surface area contributed by atoms with E-state index in [-0.39, 0.29) is 12.1 Å². The molecule has 0 unspecified atom stereocenters. The Morgan fingerprint density at radius 2 is 1.71 bits per heavy atom. The molecule has 1 aromatic heterocycles.